The van der Waals surface area contributed by atoms with Crippen molar-refractivity contribution >= 4 is 35.1 Å². The van der Waals surface area contributed by atoms with Crippen molar-refractivity contribution in [2.24, 2.45) is 12.0 Å². The van der Waals surface area contributed by atoms with Gasteiger partial charge in [-0.15, -0.1) is 0 Å². The molecule has 1 aromatic carbocycles. The van der Waals surface area contributed by atoms with E-state index < -0.39 is 0 Å². The zero-order chi connectivity index (χ0) is 25.8. The van der Waals surface area contributed by atoms with E-state index in [-0.39, 0.29) is 12.5 Å². The number of carbonyl (C=O) groups is 1. The number of rotatable bonds is 6. The van der Waals surface area contributed by atoms with Crippen LogP contribution < -0.4 is 0 Å². The van der Waals surface area contributed by atoms with E-state index in [0.29, 0.717) is 34.1 Å². The Hall–Kier alpha value is -4.09. The summed E-state index contributed by atoms with van der Waals surface area (Å²) >= 11 is 7.57. The Bertz CT molecular complexity index is 1520. The lowest BCUT2D eigenvalue weighted by Gasteiger charge is -2.08. The molecular weight excluding hydrogens is 516 g/mol. The third kappa shape index (κ3) is 5.52. The number of aliphatic imine (C=N–C) groups is 1. The molecule has 188 valence electrons. The number of amides is 1. The highest BCUT2D eigenvalue weighted by atomic mass is 35.5. The lowest BCUT2D eigenvalue weighted by Crippen LogP contribution is -2.28. The first-order valence-electron chi connectivity index (χ1n) is 11.1. The molecular formula is C25H21ClN6O4S. The average Bonchev–Trinajstić information content (AvgIpc) is 3.72. The van der Waals surface area contributed by atoms with Gasteiger partial charge in [0.2, 0.25) is 5.91 Å². The molecule has 1 aliphatic rings. The smallest absolute Gasteiger partial charge is 0.258 e. The Morgan fingerprint density at radius 2 is 1.84 bits per heavy atom. The highest BCUT2D eigenvalue weighted by Crippen LogP contribution is 2.28. The molecule has 1 amide bonds. The molecule has 10 nitrogen and oxygen atoms in total. The van der Waals surface area contributed by atoms with Crippen molar-refractivity contribution in [1.82, 2.24) is 24.6 Å². The Morgan fingerprint density at radius 3 is 2.51 bits per heavy atom. The van der Waals surface area contributed by atoms with Crippen molar-refractivity contribution in [3.63, 3.8) is 0 Å². The minimum Gasteiger partial charge on any atom is -0.461 e. The molecule has 0 N–H and O–H groups in total. The molecule has 6 rings (SSSR count). The molecule has 37 heavy (non-hydrogen) atoms. The van der Waals surface area contributed by atoms with Crippen LogP contribution in [-0.2, 0) is 17.6 Å². The van der Waals surface area contributed by atoms with E-state index in [4.69, 9.17) is 25.0 Å². The first-order valence-corrected chi connectivity index (χ1v) is 12.5. The zero-order valence-corrected chi connectivity index (χ0v) is 21.4. The lowest BCUT2D eigenvalue weighted by molar-refractivity contribution is -0.123. The van der Waals surface area contributed by atoms with Gasteiger partial charge in [-0.1, -0.05) is 34.6 Å². The number of carbonyl (C=O) groups excluding carboxylic acids is 1. The van der Waals surface area contributed by atoms with Crippen molar-refractivity contribution < 1.29 is 18.2 Å². The zero-order valence-electron chi connectivity index (χ0n) is 19.9. The minimum atomic E-state index is 0.00130. The van der Waals surface area contributed by atoms with E-state index in [1.165, 1.54) is 4.90 Å². The Labute approximate surface area is 221 Å². The van der Waals surface area contributed by atoms with Crippen molar-refractivity contribution in [1.29, 1.82) is 0 Å². The molecule has 0 saturated carbocycles. The van der Waals surface area contributed by atoms with Crippen LogP contribution in [0.1, 0.15) is 11.6 Å². The molecule has 1 aliphatic heterocycles. The predicted octanol–water partition coefficient (Wildman–Crippen LogP) is 5.17. The summed E-state index contributed by atoms with van der Waals surface area (Å²) in [6.07, 6.45) is 5.00. The number of imidazole rings is 1. The fourth-order valence-corrected chi connectivity index (χ4v) is 4.47. The van der Waals surface area contributed by atoms with Crippen LogP contribution in [0.2, 0.25) is 5.02 Å². The number of amidine groups is 1. The number of hydrogen-bond acceptors (Lipinski definition) is 9. The number of hydrogen-bond donors (Lipinski definition) is 0. The van der Waals surface area contributed by atoms with E-state index in [0.717, 1.165) is 22.2 Å². The summed E-state index contributed by atoms with van der Waals surface area (Å²) in [5, 5.41) is 5.64. The third-order valence-electron chi connectivity index (χ3n) is 5.37. The van der Waals surface area contributed by atoms with Crippen LogP contribution in [0.3, 0.4) is 0 Å². The largest absolute Gasteiger partial charge is 0.461 e. The Kier molecular flexibility index (Phi) is 7.24. The first-order chi connectivity index (χ1) is 18.0. The van der Waals surface area contributed by atoms with Gasteiger partial charge in [0.25, 0.3) is 5.89 Å². The molecule has 0 bridgehead atoms. The molecule has 0 atom stereocenters. The Balaban J connectivity index is 0.000000195. The number of benzene rings is 1. The topological polar surface area (TPSA) is 116 Å². The van der Waals surface area contributed by atoms with Gasteiger partial charge < -0.3 is 17.9 Å². The molecule has 5 heterocycles. The first kappa shape index (κ1) is 24.6. The summed E-state index contributed by atoms with van der Waals surface area (Å²) in [5.41, 5.74) is 0.803. The minimum absolute atomic E-state index is 0.00130. The lowest BCUT2D eigenvalue weighted by atomic mass is 10.2. The number of aromatic nitrogens is 4. The van der Waals surface area contributed by atoms with E-state index in [1.54, 1.807) is 61.8 Å². The molecule has 0 fully saturated rings. The second-order valence-corrected chi connectivity index (χ2v) is 9.27. The molecule has 0 aliphatic carbocycles. The molecule has 0 unspecified atom stereocenters. The predicted molar refractivity (Wildman–Crippen MR) is 138 cm³/mol. The van der Waals surface area contributed by atoms with Gasteiger partial charge in [0.1, 0.15) is 6.54 Å². The number of thioether (sulfide) groups is 1. The SMILES string of the molecule is CN1C(=O)CN=C1c1ccco1.Cn1c(SCc2noc(-c3cccc(Cl)c3)n2)cnc1-c1ccco1. The van der Waals surface area contributed by atoms with Gasteiger partial charge in [0.15, 0.2) is 29.0 Å². The van der Waals surface area contributed by atoms with Crippen molar-refractivity contribution in [3.05, 3.63) is 83.9 Å². The number of halogens is 1. The van der Waals surface area contributed by atoms with Crippen LogP contribution in [0.15, 0.2) is 90.6 Å². The number of furan rings is 2. The number of nitrogens with zero attached hydrogens (tertiary/aromatic N) is 6. The van der Waals surface area contributed by atoms with Gasteiger partial charge in [-0.25, -0.2) is 4.98 Å². The highest BCUT2D eigenvalue weighted by Gasteiger charge is 2.24. The summed E-state index contributed by atoms with van der Waals surface area (Å²) in [6, 6.07) is 14.6. The third-order valence-corrected chi connectivity index (χ3v) is 6.69. The average molecular weight is 537 g/mol. The second kappa shape index (κ2) is 10.9. The van der Waals surface area contributed by atoms with Gasteiger partial charge in [0, 0.05) is 24.7 Å². The molecule has 4 aromatic heterocycles. The van der Waals surface area contributed by atoms with Crippen molar-refractivity contribution in [3.8, 4) is 23.0 Å². The van der Waals surface area contributed by atoms with Crippen LogP contribution in [0.25, 0.3) is 23.0 Å². The van der Waals surface area contributed by atoms with Gasteiger partial charge in [-0.2, -0.15) is 4.98 Å². The normalized spacial score (nSPS) is 13.0. The maximum Gasteiger partial charge on any atom is 0.258 e. The molecule has 0 saturated heterocycles. The van der Waals surface area contributed by atoms with Crippen LogP contribution in [-0.4, -0.2) is 49.9 Å². The summed E-state index contributed by atoms with van der Waals surface area (Å²) in [7, 11) is 3.64. The standard InChI is InChI=1S/C17H13ClN4O2S.C8H8N2O2/c1-22-15(9-19-16(22)13-6-3-7-23-13)25-10-14-20-17(24-21-14)11-4-2-5-12(18)8-11;1-10-7(11)5-9-8(10)6-3-2-4-12-6/h2-9H,10H2,1H3;2-4H,5H2,1H3. The van der Waals surface area contributed by atoms with Gasteiger partial charge in [0.05, 0.1) is 29.5 Å². The van der Waals surface area contributed by atoms with E-state index in [9.17, 15) is 4.79 Å². The molecule has 12 heteroatoms. The summed E-state index contributed by atoms with van der Waals surface area (Å²) in [5.74, 6) is 4.41. The van der Waals surface area contributed by atoms with Crippen LogP contribution in [0, 0.1) is 0 Å². The molecule has 5 aromatic rings. The Morgan fingerprint density at radius 1 is 1.05 bits per heavy atom. The quantitative estimate of drug-likeness (QED) is 0.273. The van der Waals surface area contributed by atoms with Crippen molar-refractivity contribution in [2.45, 2.75) is 10.8 Å². The number of likely N-dealkylation sites (N-methyl/N-ethyl adjacent to an activating group) is 1. The van der Waals surface area contributed by atoms with Gasteiger partial charge >= 0.3 is 0 Å². The van der Waals surface area contributed by atoms with Crippen LogP contribution >= 0.6 is 23.4 Å². The van der Waals surface area contributed by atoms with Crippen LogP contribution in [0.5, 0.6) is 0 Å². The van der Waals surface area contributed by atoms with Gasteiger partial charge in [-0.3, -0.25) is 14.7 Å². The second-order valence-electron chi connectivity index (χ2n) is 7.84. The van der Waals surface area contributed by atoms with Crippen LogP contribution in [0.4, 0.5) is 0 Å². The maximum absolute atomic E-state index is 11.0. The van der Waals surface area contributed by atoms with E-state index in [1.807, 2.05) is 35.9 Å². The summed E-state index contributed by atoms with van der Waals surface area (Å²) < 4.78 is 17.8. The monoisotopic (exact) mass is 536 g/mol. The van der Waals surface area contributed by atoms with E-state index >= 15 is 0 Å². The summed E-state index contributed by atoms with van der Waals surface area (Å²) in [4.78, 5) is 25.4. The van der Waals surface area contributed by atoms with Gasteiger partial charge in [-0.05, 0) is 42.5 Å². The fourth-order valence-electron chi connectivity index (χ4n) is 3.47. The maximum atomic E-state index is 11.0. The molecule has 0 spiro atoms. The molecule has 0 radical (unpaired) electrons. The van der Waals surface area contributed by atoms with E-state index in [2.05, 4.69) is 20.1 Å². The highest BCUT2D eigenvalue weighted by molar-refractivity contribution is 7.98. The van der Waals surface area contributed by atoms with Crippen molar-refractivity contribution in [2.75, 3.05) is 13.6 Å². The summed E-state index contributed by atoms with van der Waals surface area (Å²) in [6.45, 7) is 0.229. The fraction of sp³-hybridized carbons (Fsp3) is 0.160.